The Morgan fingerprint density at radius 3 is 2.60 bits per heavy atom. The van der Waals surface area contributed by atoms with E-state index >= 15 is 0 Å². The molecule has 0 aromatic carbocycles. The van der Waals surface area contributed by atoms with Gasteiger partial charge in [-0.1, -0.05) is 0 Å². The van der Waals surface area contributed by atoms with Crippen LogP contribution < -0.4 is 5.32 Å². The van der Waals surface area contributed by atoms with E-state index in [-0.39, 0.29) is 6.04 Å². The fraction of sp³-hybridized carbons (Fsp3) is 1.00. The standard InChI is InChI=1S/C10H20N2O2S/c13-15(14)8-3-10(9-15)11-4-7-12-5-1-2-6-12/h10-11H,1-9H2. The first-order valence-electron chi connectivity index (χ1n) is 5.82. The molecule has 2 heterocycles. The summed E-state index contributed by atoms with van der Waals surface area (Å²) in [7, 11) is -2.72. The van der Waals surface area contributed by atoms with Crippen LogP contribution in [0.3, 0.4) is 0 Å². The molecule has 0 aromatic rings. The van der Waals surface area contributed by atoms with Crippen LogP contribution in [0.2, 0.25) is 0 Å². The van der Waals surface area contributed by atoms with Crippen molar-refractivity contribution in [3.8, 4) is 0 Å². The van der Waals surface area contributed by atoms with Crippen molar-refractivity contribution in [3.63, 3.8) is 0 Å². The molecule has 4 nitrogen and oxygen atoms in total. The Morgan fingerprint density at radius 1 is 1.27 bits per heavy atom. The Hall–Kier alpha value is -0.130. The van der Waals surface area contributed by atoms with Crippen molar-refractivity contribution in [1.29, 1.82) is 0 Å². The van der Waals surface area contributed by atoms with Gasteiger partial charge in [-0.3, -0.25) is 0 Å². The molecule has 0 aromatic heterocycles. The zero-order valence-electron chi connectivity index (χ0n) is 9.11. The largest absolute Gasteiger partial charge is 0.312 e. The second-order valence-corrected chi connectivity index (χ2v) is 6.83. The number of sulfone groups is 1. The van der Waals surface area contributed by atoms with Gasteiger partial charge in [0.15, 0.2) is 9.84 Å². The maximum Gasteiger partial charge on any atom is 0.151 e. The molecule has 0 spiro atoms. The summed E-state index contributed by atoms with van der Waals surface area (Å²) in [6.07, 6.45) is 3.43. The van der Waals surface area contributed by atoms with E-state index in [9.17, 15) is 8.42 Å². The number of rotatable bonds is 4. The molecule has 2 fully saturated rings. The van der Waals surface area contributed by atoms with Crippen molar-refractivity contribution in [1.82, 2.24) is 10.2 Å². The first-order chi connectivity index (χ1) is 7.16. The molecule has 88 valence electrons. The number of nitrogens with zero attached hydrogens (tertiary/aromatic N) is 1. The quantitative estimate of drug-likeness (QED) is 0.733. The minimum atomic E-state index is -2.72. The highest BCUT2D eigenvalue weighted by atomic mass is 32.2. The van der Waals surface area contributed by atoms with Crippen molar-refractivity contribution in [2.24, 2.45) is 0 Å². The van der Waals surface area contributed by atoms with Gasteiger partial charge < -0.3 is 10.2 Å². The minimum Gasteiger partial charge on any atom is -0.312 e. The van der Waals surface area contributed by atoms with Gasteiger partial charge in [0.2, 0.25) is 0 Å². The van der Waals surface area contributed by atoms with E-state index in [1.54, 1.807) is 0 Å². The second-order valence-electron chi connectivity index (χ2n) is 4.60. The van der Waals surface area contributed by atoms with Crippen LogP contribution in [-0.4, -0.2) is 57.0 Å². The van der Waals surface area contributed by atoms with E-state index in [4.69, 9.17) is 0 Å². The Morgan fingerprint density at radius 2 is 2.00 bits per heavy atom. The highest BCUT2D eigenvalue weighted by Crippen LogP contribution is 2.11. The molecule has 0 amide bonds. The van der Waals surface area contributed by atoms with Gasteiger partial charge in [0.1, 0.15) is 0 Å². The second kappa shape index (κ2) is 4.80. The van der Waals surface area contributed by atoms with Crippen LogP contribution in [-0.2, 0) is 9.84 Å². The van der Waals surface area contributed by atoms with E-state index in [2.05, 4.69) is 10.2 Å². The van der Waals surface area contributed by atoms with Gasteiger partial charge >= 0.3 is 0 Å². The topological polar surface area (TPSA) is 49.4 Å². The Bertz CT molecular complexity index is 297. The third kappa shape index (κ3) is 3.43. The van der Waals surface area contributed by atoms with Gasteiger partial charge in [0.05, 0.1) is 11.5 Å². The maximum absolute atomic E-state index is 11.2. The molecule has 0 radical (unpaired) electrons. The monoisotopic (exact) mass is 232 g/mol. The van der Waals surface area contributed by atoms with Crippen LogP contribution in [0.4, 0.5) is 0 Å². The van der Waals surface area contributed by atoms with Crippen molar-refractivity contribution in [3.05, 3.63) is 0 Å². The molecule has 0 saturated carbocycles. The lowest BCUT2D eigenvalue weighted by Crippen LogP contribution is -2.36. The molecule has 2 aliphatic rings. The highest BCUT2D eigenvalue weighted by Gasteiger charge is 2.27. The third-order valence-electron chi connectivity index (χ3n) is 3.29. The fourth-order valence-electron chi connectivity index (χ4n) is 2.39. The first-order valence-corrected chi connectivity index (χ1v) is 7.64. The van der Waals surface area contributed by atoms with Crippen LogP contribution in [0.15, 0.2) is 0 Å². The number of hydrogen-bond donors (Lipinski definition) is 1. The number of hydrogen-bond acceptors (Lipinski definition) is 4. The SMILES string of the molecule is O=S1(=O)CCC(NCCN2CCCC2)C1. The smallest absolute Gasteiger partial charge is 0.151 e. The molecular formula is C10H20N2O2S. The fourth-order valence-corrected chi connectivity index (χ4v) is 4.10. The van der Waals surface area contributed by atoms with Crippen LogP contribution in [0, 0.1) is 0 Å². The van der Waals surface area contributed by atoms with E-state index in [1.165, 1.54) is 25.9 Å². The molecule has 1 unspecified atom stereocenters. The van der Waals surface area contributed by atoms with Crippen LogP contribution in [0.25, 0.3) is 0 Å². The zero-order valence-corrected chi connectivity index (χ0v) is 9.93. The molecule has 5 heteroatoms. The Kier molecular flexibility index (Phi) is 3.64. The maximum atomic E-state index is 11.2. The van der Waals surface area contributed by atoms with Crippen molar-refractivity contribution < 1.29 is 8.42 Å². The lowest BCUT2D eigenvalue weighted by atomic mass is 10.2. The molecule has 0 bridgehead atoms. The summed E-state index contributed by atoms with van der Waals surface area (Å²) in [6.45, 7) is 4.42. The lowest BCUT2D eigenvalue weighted by Gasteiger charge is -2.16. The normalized spacial score (nSPS) is 31.1. The van der Waals surface area contributed by atoms with Crippen LogP contribution in [0.5, 0.6) is 0 Å². The molecule has 1 N–H and O–H groups in total. The molecule has 1 atom stereocenters. The molecule has 15 heavy (non-hydrogen) atoms. The third-order valence-corrected chi connectivity index (χ3v) is 5.06. The van der Waals surface area contributed by atoms with Crippen molar-refractivity contribution in [2.45, 2.75) is 25.3 Å². The number of likely N-dealkylation sites (tertiary alicyclic amines) is 1. The van der Waals surface area contributed by atoms with E-state index in [1.807, 2.05) is 0 Å². The van der Waals surface area contributed by atoms with Gasteiger partial charge in [-0.25, -0.2) is 8.42 Å². The average molecular weight is 232 g/mol. The Balaban J connectivity index is 1.62. The molecule has 2 saturated heterocycles. The first kappa shape index (κ1) is 11.4. The summed E-state index contributed by atoms with van der Waals surface area (Å²) < 4.78 is 22.4. The summed E-state index contributed by atoms with van der Waals surface area (Å²) in [5.41, 5.74) is 0. The van der Waals surface area contributed by atoms with Gasteiger partial charge in [-0.05, 0) is 32.4 Å². The summed E-state index contributed by atoms with van der Waals surface area (Å²) in [6, 6.07) is 0.206. The van der Waals surface area contributed by atoms with Gasteiger partial charge in [0, 0.05) is 19.1 Å². The predicted octanol–water partition coefficient (Wildman–Crippen LogP) is -0.141. The zero-order chi connectivity index (χ0) is 10.7. The highest BCUT2D eigenvalue weighted by molar-refractivity contribution is 7.91. The van der Waals surface area contributed by atoms with E-state index in [0.29, 0.717) is 11.5 Å². The average Bonchev–Trinajstić information content (AvgIpc) is 2.76. The minimum absolute atomic E-state index is 0.206. The molecular weight excluding hydrogens is 212 g/mol. The lowest BCUT2D eigenvalue weighted by molar-refractivity contribution is 0.329. The summed E-state index contributed by atoms with van der Waals surface area (Å²) in [5.74, 6) is 0.710. The van der Waals surface area contributed by atoms with E-state index < -0.39 is 9.84 Å². The predicted molar refractivity (Wildman–Crippen MR) is 60.7 cm³/mol. The van der Waals surface area contributed by atoms with Crippen molar-refractivity contribution in [2.75, 3.05) is 37.7 Å². The summed E-state index contributed by atoms with van der Waals surface area (Å²) in [4.78, 5) is 2.44. The van der Waals surface area contributed by atoms with Gasteiger partial charge in [0.25, 0.3) is 0 Å². The summed E-state index contributed by atoms with van der Waals surface area (Å²) in [5, 5.41) is 3.34. The molecule has 0 aliphatic carbocycles. The van der Waals surface area contributed by atoms with Gasteiger partial charge in [-0.15, -0.1) is 0 Å². The van der Waals surface area contributed by atoms with E-state index in [0.717, 1.165) is 19.5 Å². The van der Waals surface area contributed by atoms with Gasteiger partial charge in [-0.2, -0.15) is 0 Å². The number of nitrogens with one attached hydrogen (secondary N) is 1. The molecule has 2 rings (SSSR count). The van der Waals surface area contributed by atoms with Crippen LogP contribution >= 0.6 is 0 Å². The van der Waals surface area contributed by atoms with Crippen molar-refractivity contribution >= 4 is 9.84 Å². The van der Waals surface area contributed by atoms with Crippen LogP contribution in [0.1, 0.15) is 19.3 Å². The molecule has 2 aliphatic heterocycles. The summed E-state index contributed by atoms with van der Waals surface area (Å²) >= 11 is 0. The Labute approximate surface area is 91.9 Å².